The Hall–Kier alpha value is -1.09. The average Bonchev–Trinajstić information content (AvgIpc) is 2.26. The van der Waals surface area contributed by atoms with Crippen molar-refractivity contribution in [1.29, 1.82) is 0 Å². The molecule has 2 N–H and O–H groups in total. The van der Waals surface area contributed by atoms with E-state index < -0.39 is 0 Å². The van der Waals surface area contributed by atoms with Crippen LogP contribution in [0.4, 0.5) is 0 Å². The van der Waals surface area contributed by atoms with Crippen LogP contribution in [0.15, 0.2) is 30.3 Å². The van der Waals surface area contributed by atoms with Crippen LogP contribution < -0.4 is 10.6 Å². The normalized spacial score (nSPS) is 12.2. The molecular weight excluding hydrogens is 216 g/mol. The SMILES string of the molecule is CCC(NC(=S)NC(C)C)c1ccccc1. The highest BCUT2D eigenvalue weighted by Gasteiger charge is 2.09. The summed E-state index contributed by atoms with van der Waals surface area (Å²) in [6, 6.07) is 11.0. The summed E-state index contributed by atoms with van der Waals surface area (Å²) in [5, 5.41) is 7.26. The second-order valence-electron chi connectivity index (χ2n) is 4.14. The van der Waals surface area contributed by atoms with E-state index in [-0.39, 0.29) is 0 Å². The quantitative estimate of drug-likeness (QED) is 0.786. The Morgan fingerprint density at radius 1 is 1.19 bits per heavy atom. The summed E-state index contributed by atoms with van der Waals surface area (Å²) in [5.74, 6) is 0. The van der Waals surface area contributed by atoms with Crippen molar-refractivity contribution in [3.05, 3.63) is 35.9 Å². The van der Waals surface area contributed by atoms with Gasteiger partial charge in [-0.3, -0.25) is 0 Å². The van der Waals surface area contributed by atoms with Crippen molar-refractivity contribution in [3.8, 4) is 0 Å². The lowest BCUT2D eigenvalue weighted by molar-refractivity contribution is 0.604. The van der Waals surface area contributed by atoms with Gasteiger partial charge in [-0.1, -0.05) is 37.3 Å². The van der Waals surface area contributed by atoms with Crippen LogP contribution in [-0.2, 0) is 0 Å². The lowest BCUT2D eigenvalue weighted by Gasteiger charge is -2.21. The molecule has 0 fully saturated rings. The summed E-state index contributed by atoms with van der Waals surface area (Å²) in [7, 11) is 0. The minimum absolute atomic E-state index is 0.292. The molecule has 0 bridgehead atoms. The molecule has 0 radical (unpaired) electrons. The number of benzene rings is 1. The van der Waals surface area contributed by atoms with Crippen molar-refractivity contribution in [2.75, 3.05) is 0 Å². The zero-order chi connectivity index (χ0) is 12.0. The monoisotopic (exact) mass is 236 g/mol. The number of thiocarbonyl (C=S) groups is 1. The molecule has 0 aliphatic rings. The molecule has 1 aromatic carbocycles. The first-order valence-corrected chi connectivity index (χ1v) is 6.16. The molecule has 1 aromatic rings. The van der Waals surface area contributed by atoms with E-state index in [1.165, 1.54) is 5.56 Å². The topological polar surface area (TPSA) is 24.1 Å². The van der Waals surface area contributed by atoms with Crippen molar-refractivity contribution in [3.63, 3.8) is 0 Å². The maximum absolute atomic E-state index is 5.25. The third-order valence-electron chi connectivity index (χ3n) is 2.34. The second kappa shape index (κ2) is 6.48. The molecule has 1 atom stereocenters. The van der Waals surface area contributed by atoms with Crippen LogP contribution in [0.1, 0.15) is 38.8 Å². The molecule has 1 rings (SSSR count). The van der Waals surface area contributed by atoms with Gasteiger partial charge in [-0.2, -0.15) is 0 Å². The molecule has 0 aliphatic heterocycles. The fourth-order valence-electron chi connectivity index (χ4n) is 1.57. The Labute approximate surface area is 103 Å². The van der Waals surface area contributed by atoms with Crippen LogP contribution in [0.2, 0.25) is 0 Å². The van der Waals surface area contributed by atoms with Crippen LogP contribution in [0.25, 0.3) is 0 Å². The van der Waals surface area contributed by atoms with Gasteiger partial charge in [0.15, 0.2) is 5.11 Å². The summed E-state index contributed by atoms with van der Waals surface area (Å²) >= 11 is 5.25. The highest BCUT2D eigenvalue weighted by atomic mass is 32.1. The Morgan fingerprint density at radius 2 is 1.81 bits per heavy atom. The van der Waals surface area contributed by atoms with E-state index in [9.17, 15) is 0 Å². The van der Waals surface area contributed by atoms with Crippen molar-refractivity contribution < 1.29 is 0 Å². The number of hydrogen-bond donors (Lipinski definition) is 2. The first kappa shape index (κ1) is 13.0. The Kier molecular flexibility index (Phi) is 5.26. The van der Waals surface area contributed by atoms with E-state index in [2.05, 4.69) is 55.7 Å². The molecule has 0 saturated heterocycles. The van der Waals surface area contributed by atoms with Gasteiger partial charge in [-0.15, -0.1) is 0 Å². The lowest BCUT2D eigenvalue weighted by Crippen LogP contribution is -2.40. The Bertz CT molecular complexity index is 322. The maximum Gasteiger partial charge on any atom is 0.166 e. The summed E-state index contributed by atoms with van der Waals surface area (Å²) in [6.45, 7) is 6.32. The summed E-state index contributed by atoms with van der Waals surface area (Å²) in [5.41, 5.74) is 1.28. The summed E-state index contributed by atoms with van der Waals surface area (Å²) in [6.07, 6.45) is 1.02. The minimum Gasteiger partial charge on any atom is -0.361 e. The van der Waals surface area contributed by atoms with Gasteiger partial charge in [0, 0.05) is 6.04 Å². The molecule has 1 unspecified atom stereocenters. The van der Waals surface area contributed by atoms with E-state index in [0.717, 1.165) is 11.5 Å². The molecule has 2 nitrogen and oxygen atoms in total. The van der Waals surface area contributed by atoms with Crippen LogP contribution in [0.5, 0.6) is 0 Å². The fourth-order valence-corrected chi connectivity index (χ4v) is 1.95. The van der Waals surface area contributed by atoms with Crippen molar-refractivity contribution >= 4 is 17.3 Å². The van der Waals surface area contributed by atoms with Crippen molar-refractivity contribution in [1.82, 2.24) is 10.6 Å². The smallest absolute Gasteiger partial charge is 0.166 e. The molecule has 0 spiro atoms. The van der Waals surface area contributed by atoms with E-state index in [0.29, 0.717) is 12.1 Å². The average molecular weight is 236 g/mol. The predicted molar refractivity (Wildman–Crippen MR) is 73.5 cm³/mol. The van der Waals surface area contributed by atoms with Crippen LogP contribution in [0, 0.1) is 0 Å². The van der Waals surface area contributed by atoms with Gasteiger partial charge in [-0.05, 0) is 38.0 Å². The van der Waals surface area contributed by atoms with E-state index in [1.54, 1.807) is 0 Å². The molecule has 0 saturated carbocycles. The van der Waals surface area contributed by atoms with E-state index in [1.807, 2.05) is 6.07 Å². The molecule has 0 aromatic heterocycles. The Balaban J connectivity index is 2.59. The standard InChI is InChI=1S/C13H20N2S/c1-4-12(11-8-6-5-7-9-11)15-13(16)14-10(2)3/h5-10,12H,4H2,1-3H3,(H2,14,15,16). The van der Waals surface area contributed by atoms with Crippen molar-refractivity contribution in [2.45, 2.75) is 39.3 Å². The number of rotatable bonds is 4. The maximum atomic E-state index is 5.25. The lowest BCUT2D eigenvalue weighted by atomic mass is 10.1. The molecule has 0 heterocycles. The fraction of sp³-hybridized carbons (Fsp3) is 0.462. The van der Waals surface area contributed by atoms with Gasteiger partial charge in [0.1, 0.15) is 0 Å². The molecule has 88 valence electrons. The van der Waals surface area contributed by atoms with Gasteiger partial charge in [0.05, 0.1) is 6.04 Å². The summed E-state index contributed by atoms with van der Waals surface area (Å²) < 4.78 is 0. The molecule has 16 heavy (non-hydrogen) atoms. The first-order valence-electron chi connectivity index (χ1n) is 5.75. The molecule has 0 aliphatic carbocycles. The van der Waals surface area contributed by atoms with Crippen LogP contribution >= 0.6 is 12.2 Å². The number of hydrogen-bond acceptors (Lipinski definition) is 1. The largest absolute Gasteiger partial charge is 0.361 e. The van der Waals surface area contributed by atoms with Crippen LogP contribution in [0.3, 0.4) is 0 Å². The van der Waals surface area contributed by atoms with Gasteiger partial charge in [0.25, 0.3) is 0 Å². The number of nitrogens with one attached hydrogen (secondary N) is 2. The summed E-state index contributed by atoms with van der Waals surface area (Å²) in [4.78, 5) is 0. The van der Waals surface area contributed by atoms with Gasteiger partial charge < -0.3 is 10.6 Å². The highest BCUT2D eigenvalue weighted by Crippen LogP contribution is 2.15. The van der Waals surface area contributed by atoms with Gasteiger partial charge >= 0.3 is 0 Å². The third kappa shape index (κ3) is 4.19. The zero-order valence-corrected chi connectivity index (χ0v) is 11.0. The zero-order valence-electron chi connectivity index (χ0n) is 10.2. The second-order valence-corrected chi connectivity index (χ2v) is 4.55. The van der Waals surface area contributed by atoms with E-state index >= 15 is 0 Å². The third-order valence-corrected chi connectivity index (χ3v) is 2.57. The van der Waals surface area contributed by atoms with Gasteiger partial charge in [-0.25, -0.2) is 0 Å². The minimum atomic E-state index is 0.292. The first-order chi connectivity index (χ1) is 7.63. The van der Waals surface area contributed by atoms with Crippen molar-refractivity contribution in [2.24, 2.45) is 0 Å². The predicted octanol–water partition coefficient (Wildman–Crippen LogP) is 3.01. The van der Waals surface area contributed by atoms with Gasteiger partial charge in [0.2, 0.25) is 0 Å². The highest BCUT2D eigenvalue weighted by molar-refractivity contribution is 7.80. The molecule has 0 amide bonds. The molecular formula is C13H20N2S. The molecule has 3 heteroatoms. The van der Waals surface area contributed by atoms with E-state index in [4.69, 9.17) is 12.2 Å². The Morgan fingerprint density at radius 3 is 2.31 bits per heavy atom. The van der Waals surface area contributed by atoms with Crippen LogP contribution in [-0.4, -0.2) is 11.2 Å².